The van der Waals surface area contributed by atoms with Crippen molar-refractivity contribution in [3.05, 3.63) is 23.8 Å². The lowest BCUT2D eigenvalue weighted by molar-refractivity contribution is 0.0989. The minimum Gasteiger partial charge on any atom is -0.393 e. The van der Waals surface area contributed by atoms with E-state index in [0.717, 1.165) is 6.42 Å². The van der Waals surface area contributed by atoms with Gasteiger partial charge >= 0.3 is 0 Å². The van der Waals surface area contributed by atoms with E-state index in [4.69, 9.17) is 4.11 Å². The number of rotatable bonds is 3. The fourth-order valence-corrected chi connectivity index (χ4v) is 1.93. The predicted molar refractivity (Wildman–Crippen MR) is 70.2 cm³/mol. The lowest BCUT2D eigenvalue weighted by atomic mass is 9.76. The molecule has 1 rings (SSSR count). The summed E-state index contributed by atoms with van der Waals surface area (Å²) in [6, 6.07) is 0. The topological polar surface area (TPSA) is 20.2 Å². The van der Waals surface area contributed by atoms with Crippen molar-refractivity contribution in [1.29, 1.82) is 0 Å². The van der Waals surface area contributed by atoms with Crippen LogP contribution in [0, 0.1) is 16.7 Å². The molecule has 0 aromatic rings. The van der Waals surface area contributed by atoms with E-state index in [0.29, 0.717) is 5.92 Å². The number of aliphatic hydroxyl groups is 1. The Bertz CT molecular complexity index is 391. The van der Waals surface area contributed by atoms with Crippen LogP contribution in [0.3, 0.4) is 0 Å². The Morgan fingerprint density at radius 3 is 2.69 bits per heavy atom. The Hall–Kier alpha value is -0.560. The second-order valence-corrected chi connectivity index (χ2v) is 5.77. The van der Waals surface area contributed by atoms with Gasteiger partial charge in [0.2, 0.25) is 0 Å². The molecule has 0 fully saturated rings. The van der Waals surface area contributed by atoms with Crippen LogP contribution in [-0.4, -0.2) is 11.2 Å². The molecule has 0 aliphatic heterocycles. The van der Waals surface area contributed by atoms with Crippen molar-refractivity contribution in [3.63, 3.8) is 0 Å². The highest BCUT2D eigenvalue weighted by atomic mass is 16.3. The molecule has 1 N–H and O–H groups in total. The zero-order chi connectivity index (χ0) is 15.1. The number of hydrogen-bond donors (Lipinski definition) is 1. The molecule has 0 aromatic heterocycles. The van der Waals surface area contributed by atoms with Gasteiger partial charge in [0, 0.05) is 9.53 Å². The first-order valence-electron chi connectivity index (χ1n) is 7.47. The van der Waals surface area contributed by atoms with Crippen molar-refractivity contribution in [1.82, 2.24) is 0 Å². The molecule has 92 valence electrons. The summed E-state index contributed by atoms with van der Waals surface area (Å²) in [5.74, 6) is 0.299. The van der Waals surface area contributed by atoms with Crippen molar-refractivity contribution in [3.8, 4) is 0 Å². The molecule has 0 spiro atoms. The molecule has 1 aliphatic carbocycles. The zero-order valence-electron chi connectivity index (χ0n) is 14.0. The predicted octanol–water partition coefficient (Wildman–Crippen LogP) is 3.94. The van der Waals surface area contributed by atoms with Crippen LogP contribution in [0.1, 0.15) is 52.0 Å². The largest absolute Gasteiger partial charge is 0.393 e. The summed E-state index contributed by atoms with van der Waals surface area (Å²) >= 11 is 0. The smallest absolute Gasteiger partial charge is 0.0597 e. The number of hydrogen-bond acceptors (Lipinski definition) is 1. The third kappa shape index (κ3) is 2.57. The average molecular weight is 225 g/mol. The van der Waals surface area contributed by atoms with Crippen LogP contribution in [0.15, 0.2) is 23.8 Å². The fraction of sp³-hybridized carbons (Fsp3) is 0.733. The molecule has 0 aromatic carbocycles. The highest BCUT2D eigenvalue weighted by Crippen LogP contribution is 2.44. The summed E-state index contributed by atoms with van der Waals surface area (Å²) in [4.78, 5) is 0. The van der Waals surface area contributed by atoms with Crippen LogP contribution >= 0.6 is 0 Å². The molecule has 16 heavy (non-hydrogen) atoms. The SMILES string of the molecule is [2H]C([2H])([2H])C(C)(/C=C/[C@H]1CC=C(C)C1(C)C)C(C)O. The van der Waals surface area contributed by atoms with E-state index < -0.39 is 18.4 Å². The Balaban J connectivity index is 2.98. The summed E-state index contributed by atoms with van der Waals surface area (Å²) in [7, 11) is 0. The Labute approximate surface area is 104 Å². The standard InChI is InChI=1S/C15H26O/c1-11-7-8-13(15(11,5)6)9-10-14(3,4)12(2)16/h7,9-10,12-13,16H,8H2,1-6H3/b10-9+/t12?,13-/m1/s1/i3D3/t12?,13-,14?. The van der Waals surface area contributed by atoms with Gasteiger partial charge < -0.3 is 5.11 Å². The molecule has 3 atom stereocenters. The monoisotopic (exact) mass is 225 g/mol. The quantitative estimate of drug-likeness (QED) is 0.721. The highest BCUT2D eigenvalue weighted by molar-refractivity contribution is 5.22. The van der Waals surface area contributed by atoms with Gasteiger partial charge in [-0.3, -0.25) is 0 Å². The van der Waals surface area contributed by atoms with Gasteiger partial charge in [-0.05, 0) is 31.6 Å². The summed E-state index contributed by atoms with van der Waals surface area (Å²) in [5, 5.41) is 9.84. The van der Waals surface area contributed by atoms with Crippen molar-refractivity contribution in [2.75, 3.05) is 0 Å². The molecule has 0 saturated heterocycles. The maximum absolute atomic E-state index is 9.84. The Morgan fingerprint density at radius 2 is 2.31 bits per heavy atom. The van der Waals surface area contributed by atoms with Crippen LogP contribution in [0.25, 0.3) is 0 Å². The fourth-order valence-electron chi connectivity index (χ4n) is 1.93. The maximum atomic E-state index is 9.84. The van der Waals surface area contributed by atoms with Gasteiger partial charge in [-0.1, -0.05) is 51.4 Å². The summed E-state index contributed by atoms with van der Waals surface area (Å²) in [6.45, 7) is 7.41. The van der Waals surface area contributed by atoms with Crippen molar-refractivity contribution in [2.45, 2.75) is 54.0 Å². The van der Waals surface area contributed by atoms with E-state index in [2.05, 4.69) is 26.8 Å². The van der Waals surface area contributed by atoms with Crippen LogP contribution in [-0.2, 0) is 0 Å². The highest BCUT2D eigenvalue weighted by Gasteiger charge is 2.33. The molecule has 1 aliphatic rings. The Morgan fingerprint density at radius 1 is 1.69 bits per heavy atom. The molecule has 0 bridgehead atoms. The minimum absolute atomic E-state index is 0.0604. The first kappa shape index (κ1) is 9.47. The second kappa shape index (κ2) is 4.37. The normalized spacial score (nSPS) is 33.8. The van der Waals surface area contributed by atoms with Gasteiger partial charge in [0.05, 0.1) is 6.10 Å². The lowest BCUT2D eigenvalue weighted by Gasteiger charge is -2.29. The molecule has 1 nitrogen and oxygen atoms in total. The van der Waals surface area contributed by atoms with E-state index in [1.54, 1.807) is 19.9 Å². The zero-order valence-corrected chi connectivity index (χ0v) is 11.0. The summed E-state index contributed by atoms with van der Waals surface area (Å²) in [5.41, 5.74) is 0.208. The van der Waals surface area contributed by atoms with E-state index in [1.165, 1.54) is 5.57 Å². The molecule has 2 unspecified atom stereocenters. The van der Waals surface area contributed by atoms with Gasteiger partial charge in [0.15, 0.2) is 0 Å². The van der Waals surface area contributed by atoms with E-state index in [-0.39, 0.29) is 5.41 Å². The van der Waals surface area contributed by atoms with Crippen LogP contribution in [0.5, 0.6) is 0 Å². The van der Waals surface area contributed by atoms with Crippen molar-refractivity contribution in [2.24, 2.45) is 16.7 Å². The maximum Gasteiger partial charge on any atom is 0.0597 e. The van der Waals surface area contributed by atoms with Crippen LogP contribution in [0.4, 0.5) is 0 Å². The van der Waals surface area contributed by atoms with Crippen LogP contribution in [0.2, 0.25) is 0 Å². The van der Waals surface area contributed by atoms with Crippen molar-refractivity contribution < 1.29 is 9.22 Å². The first-order chi connectivity index (χ1) is 8.43. The van der Waals surface area contributed by atoms with Gasteiger partial charge in [0.25, 0.3) is 0 Å². The van der Waals surface area contributed by atoms with E-state index in [1.807, 2.05) is 6.08 Å². The lowest BCUT2D eigenvalue weighted by Crippen LogP contribution is -2.25. The minimum atomic E-state index is -2.21. The van der Waals surface area contributed by atoms with Crippen LogP contribution < -0.4 is 0 Å². The van der Waals surface area contributed by atoms with E-state index in [9.17, 15) is 5.11 Å². The molecule has 1 heteroatoms. The Kier molecular flexibility index (Phi) is 2.58. The summed E-state index contributed by atoms with van der Waals surface area (Å²) in [6.07, 6.45) is 5.92. The molecular weight excluding hydrogens is 196 g/mol. The first-order valence-corrected chi connectivity index (χ1v) is 5.97. The molecular formula is C15H26O. The average Bonchev–Trinajstić information content (AvgIpc) is 2.49. The molecule has 0 heterocycles. The van der Waals surface area contributed by atoms with Crippen molar-refractivity contribution >= 4 is 0 Å². The molecule has 0 saturated carbocycles. The second-order valence-electron chi connectivity index (χ2n) is 5.77. The van der Waals surface area contributed by atoms with E-state index >= 15 is 0 Å². The summed E-state index contributed by atoms with van der Waals surface area (Å²) < 4.78 is 22.9. The number of allylic oxidation sites excluding steroid dienone is 3. The number of aliphatic hydroxyl groups excluding tert-OH is 1. The third-order valence-corrected chi connectivity index (χ3v) is 4.16. The third-order valence-electron chi connectivity index (χ3n) is 4.16. The van der Waals surface area contributed by atoms with Gasteiger partial charge in [-0.25, -0.2) is 0 Å². The van der Waals surface area contributed by atoms with Gasteiger partial charge in [-0.15, -0.1) is 0 Å². The molecule has 0 radical (unpaired) electrons. The van der Waals surface area contributed by atoms with Gasteiger partial charge in [-0.2, -0.15) is 0 Å². The van der Waals surface area contributed by atoms with Gasteiger partial charge in [0.1, 0.15) is 0 Å². The molecule has 0 amide bonds.